The van der Waals surface area contributed by atoms with E-state index in [0.717, 1.165) is 0 Å². The average Bonchev–Trinajstić information content (AvgIpc) is 3.15. The molecule has 8 nitrogen and oxygen atoms in total. The zero-order valence-electron chi connectivity index (χ0n) is 14.6. The lowest BCUT2D eigenvalue weighted by Gasteiger charge is -2.07. The SMILES string of the molecule is O=C(NCCOc1ccc2nnc(-c3cccc(F)c3)n2n1)c1cccnc1. The summed E-state index contributed by atoms with van der Waals surface area (Å²) in [7, 11) is 0. The summed E-state index contributed by atoms with van der Waals surface area (Å²) in [5, 5.41) is 15.2. The Balaban J connectivity index is 1.42. The van der Waals surface area contributed by atoms with Gasteiger partial charge in [-0.15, -0.1) is 15.3 Å². The minimum absolute atomic E-state index is 0.224. The molecule has 1 aromatic carbocycles. The van der Waals surface area contributed by atoms with Gasteiger partial charge in [0.1, 0.15) is 12.4 Å². The van der Waals surface area contributed by atoms with E-state index in [2.05, 4.69) is 25.6 Å². The van der Waals surface area contributed by atoms with Crippen LogP contribution in [0.1, 0.15) is 10.4 Å². The van der Waals surface area contributed by atoms with Gasteiger partial charge in [0, 0.05) is 24.0 Å². The molecule has 0 unspecified atom stereocenters. The number of aromatic nitrogens is 5. The first-order valence-corrected chi connectivity index (χ1v) is 8.50. The zero-order chi connectivity index (χ0) is 19.3. The molecule has 0 aliphatic carbocycles. The fraction of sp³-hybridized carbons (Fsp3) is 0.105. The van der Waals surface area contributed by atoms with Gasteiger partial charge in [-0.25, -0.2) is 4.39 Å². The molecule has 140 valence electrons. The number of halogens is 1. The molecular weight excluding hydrogens is 363 g/mol. The van der Waals surface area contributed by atoms with Crippen molar-refractivity contribution in [2.24, 2.45) is 0 Å². The number of hydrogen-bond donors (Lipinski definition) is 1. The molecule has 3 heterocycles. The van der Waals surface area contributed by atoms with Gasteiger partial charge in [-0.05, 0) is 30.3 Å². The van der Waals surface area contributed by atoms with Crippen molar-refractivity contribution in [2.45, 2.75) is 0 Å². The maximum Gasteiger partial charge on any atom is 0.252 e. The van der Waals surface area contributed by atoms with E-state index >= 15 is 0 Å². The third-order valence-corrected chi connectivity index (χ3v) is 3.88. The Morgan fingerprint density at radius 2 is 2.07 bits per heavy atom. The van der Waals surface area contributed by atoms with Crippen LogP contribution in [-0.4, -0.2) is 43.9 Å². The van der Waals surface area contributed by atoms with Crippen LogP contribution < -0.4 is 10.1 Å². The number of fused-ring (bicyclic) bond motifs is 1. The summed E-state index contributed by atoms with van der Waals surface area (Å²) in [6.07, 6.45) is 3.09. The second-order valence-electron chi connectivity index (χ2n) is 5.82. The van der Waals surface area contributed by atoms with Crippen LogP contribution in [0.2, 0.25) is 0 Å². The maximum atomic E-state index is 13.5. The summed E-state index contributed by atoms with van der Waals surface area (Å²) >= 11 is 0. The molecule has 4 rings (SSSR count). The van der Waals surface area contributed by atoms with Crippen LogP contribution >= 0.6 is 0 Å². The Morgan fingerprint density at radius 1 is 1.14 bits per heavy atom. The predicted octanol–water partition coefficient (Wildman–Crippen LogP) is 2.13. The van der Waals surface area contributed by atoms with E-state index in [9.17, 15) is 9.18 Å². The first-order chi connectivity index (χ1) is 13.7. The van der Waals surface area contributed by atoms with Crippen LogP contribution in [0.4, 0.5) is 4.39 Å². The molecule has 1 N–H and O–H groups in total. The highest BCUT2D eigenvalue weighted by molar-refractivity contribution is 5.93. The maximum absolute atomic E-state index is 13.5. The van der Waals surface area contributed by atoms with Gasteiger partial charge >= 0.3 is 0 Å². The fourth-order valence-electron chi connectivity index (χ4n) is 2.58. The van der Waals surface area contributed by atoms with E-state index in [0.29, 0.717) is 35.0 Å². The number of rotatable bonds is 6. The monoisotopic (exact) mass is 378 g/mol. The van der Waals surface area contributed by atoms with Crippen LogP contribution in [0.5, 0.6) is 5.88 Å². The molecule has 0 atom stereocenters. The fourth-order valence-corrected chi connectivity index (χ4v) is 2.58. The lowest BCUT2D eigenvalue weighted by molar-refractivity contribution is 0.0946. The van der Waals surface area contributed by atoms with Crippen LogP contribution in [0.25, 0.3) is 17.0 Å². The lowest BCUT2D eigenvalue weighted by atomic mass is 10.2. The van der Waals surface area contributed by atoms with E-state index < -0.39 is 0 Å². The average molecular weight is 378 g/mol. The summed E-state index contributed by atoms with van der Waals surface area (Å²) in [6.45, 7) is 0.522. The molecule has 1 amide bonds. The second kappa shape index (κ2) is 7.78. The quantitative estimate of drug-likeness (QED) is 0.517. The van der Waals surface area contributed by atoms with Crippen LogP contribution in [0.15, 0.2) is 60.9 Å². The smallest absolute Gasteiger partial charge is 0.252 e. The number of hydrogen-bond acceptors (Lipinski definition) is 6. The van der Waals surface area contributed by atoms with E-state index in [1.165, 1.54) is 22.8 Å². The topological polar surface area (TPSA) is 94.3 Å². The Labute approximate surface area is 159 Å². The Hall–Kier alpha value is -3.88. The molecule has 3 aromatic heterocycles. The third kappa shape index (κ3) is 3.78. The summed E-state index contributed by atoms with van der Waals surface area (Å²) in [4.78, 5) is 15.9. The summed E-state index contributed by atoms with van der Waals surface area (Å²) in [6, 6.07) is 12.8. The molecule has 0 fully saturated rings. The number of carbonyl (C=O) groups excluding carboxylic acids is 1. The highest BCUT2D eigenvalue weighted by atomic mass is 19.1. The molecule has 0 saturated heterocycles. The summed E-state index contributed by atoms with van der Waals surface area (Å²) in [5.74, 6) is 0.142. The van der Waals surface area contributed by atoms with Gasteiger partial charge < -0.3 is 10.1 Å². The van der Waals surface area contributed by atoms with Crippen molar-refractivity contribution in [3.8, 4) is 17.3 Å². The Kier molecular flexibility index (Phi) is 4.87. The molecule has 0 aliphatic rings. The molecule has 4 aromatic rings. The van der Waals surface area contributed by atoms with E-state index in [-0.39, 0.29) is 18.3 Å². The minimum Gasteiger partial charge on any atom is -0.475 e. The number of nitrogens with zero attached hydrogens (tertiary/aromatic N) is 5. The number of carbonyl (C=O) groups is 1. The van der Waals surface area contributed by atoms with E-state index in [1.807, 2.05) is 0 Å². The minimum atomic E-state index is -0.369. The zero-order valence-corrected chi connectivity index (χ0v) is 14.6. The Bertz CT molecular complexity index is 1120. The molecule has 0 saturated carbocycles. The molecule has 0 radical (unpaired) electrons. The lowest BCUT2D eigenvalue weighted by Crippen LogP contribution is -2.28. The van der Waals surface area contributed by atoms with Crippen molar-refractivity contribution in [3.05, 3.63) is 72.3 Å². The Morgan fingerprint density at radius 3 is 2.89 bits per heavy atom. The molecule has 0 bridgehead atoms. The molecule has 28 heavy (non-hydrogen) atoms. The highest BCUT2D eigenvalue weighted by Crippen LogP contribution is 2.19. The molecule has 0 spiro atoms. The van der Waals surface area contributed by atoms with Crippen molar-refractivity contribution in [1.29, 1.82) is 0 Å². The molecular formula is C19H15FN6O2. The number of nitrogens with one attached hydrogen (secondary N) is 1. The standard InChI is InChI=1S/C19H15FN6O2/c20-15-5-1-3-13(11-15)18-24-23-16-6-7-17(25-26(16)18)28-10-9-22-19(27)14-4-2-8-21-12-14/h1-8,11-12H,9-10H2,(H,22,27). The highest BCUT2D eigenvalue weighted by Gasteiger charge is 2.11. The van der Waals surface area contributed by atoms with E-state index in [4.69, 9.17) is 4.74 Å². The van der Waals surface area contributed by atoms with Crippen molar-refractivity contribution in [1.82, 2.24) is 30.1 Å². The van der Waals surface area contributed by atoms with Crippen LogP contribution in [-0.2, 0) is 0 Å². The van der Waals surface area contributed by atoms with Crippen molar-refractivity contribution in [2.75, 3.05) is 13.2 Å². The first kappa shape index (κ1) is 17.5. The first-order valence-electron chi connectivity index (χ1n) is 8.50. The van der Waals surface area contributed by atoms with Gasteiger partial charge in [0.05, 0.1) is 12.1 Å². The van der Waals surface area contributed by atoms with Crippen molar-refractivity contribution >= 4 is 11.6 Å². The van der Waals surface area contributed by atoms with Gasteiger partial charge in [-0.2, -0.15) is 4.52 Å². The number of pyridine rings is 1. The summed E-state index contributed by atoms with van der Waals surface area (Å²) in [5.41, 5.74) is 1.55. The largest absolute Gasteiger partial charge is 0.475 e. The van der Waals surface area contributed by atoms with Gasteiger partial charge in [0.15, 0.2) is 11.5 Å². The molecule has 9 heteroatoms. The predicted molar refractivity (Wildman–Crippen MR) is 98.2 cm³/mol. The number of ether oxygens (including phenoxy) is 1. The molecule has 0 aliphatic heterocycles. The van der Waals surface area contributed by atoms with Gasteiger partial charge in [-0.1, -0.05) is 12.1 Å². The van der Waals surface area contributed by atoms with Crippen molar-refractivity contribution < 1.29 is 13.9 Å². The van der Waals surface area contributed by atoms with Crippen LogP contribution in [0, 0.1) is 5.82 Å². The van der Waals surface area contributed by atoms with Crippen molar-refractivity contribution in [3.63, 3.8) is 0 Å². The normalized spacial score (nSPS) is 10.8. The van der Waals surface area contributed by atoms with Gasteiger partial charge in [0.2, 0.25) is 5.88 Å². The van der Waals surface area contributed by atoms with Crippen LogP contribution in [0.3, 0.4) is 0 Å². The summed E-state index contributed by atoms with van der Waals surface area (Å²) < 4.78 is 20.6. The number of benzene rings is 1. The van der Waals surface area contributed by atoms with Gasteiger partial charge in [0.25, 0.3) is 5.91 Å². The van der Waals surface area contributed by atoms with E-state index in [1.54, 1.807) is 42.6 Å². The van der Waals surface area contributed by atoms with Gasteiger partial charge in [-0.3, -0.25) is 9.78 Å². The number of amides is 1. The third-order valence-electron chi connectivity index (χ3n) is 3.88. The second-order valence-corrected chi connectivity index (χ2v) is 5.82.